The van der Waals surface area contributed by atoms with Crippen LogP contribution in [0.15, 0.2) is 29.2 Å². The summed E-state index contributed by atoms with van der Waals surface area (Å²) < 4.78 is 51.7. The van der Waals surface area contributed by atoms with Gasteiger partial charge in [0.05, 0.1) is 11.4 Å². The maximum absolute atomic E-state index is 12.8. The number of hydrogen-bond donors (Lipinski definition) is 3. The molecule has 0 saturated carbocycles. The molecule has 8 heteroatoms. The standard InChI is InChI=1S/C12H18F2N2O3S/c1-9(2)16-20(18,19)11-5-3-10(4-6-11)15-7-12(13,14)8-17/h3-6,9,15-17H,7-8H2,1-2H3. The molecule has 0 spiro atoms. The molecule has 0 unspecified atom stereocenters. The Morgan fingerprint density at radius 3 is 2.25 bits per heavy atom. The van der Waals surface area contributed by atoms with Gasteiger partial charge in [0.2, 0.25) is 10.0 Å². The van der Waals surface area contributed by atoms with Crippen LogP contribution in [0, 0.1) is 0 Å². The summed E-state index contributed by atoms with van der Waals surface area (Å²) in [6, 6.07) is 5.19. The van der Waals surface area contributed by atoms with Crippen LogP contribution in [0.25, 0.3) is 0 Å². The third-order valence-electron chi connectivity index (χ3n) is 2.34. The van der Waals surface area contributed by atoms with Crippen LogP contribution in [0.3, 0.4) is 0 Å². The first-order valence-electron chi connectivity index (χ1n) is 6.01. The van der Waals surface area contributed by atoms with Crippen molar-refractivity contribution in [1.82, 2.24) is 4.72 Å². The van der Waals surface area contributed by atoms with Crippen LogP contribution >= 0.6 is 0 Å². The molecule has 0 atom stereocenters. The Kier molecular flexibility index (Phi) is 5.43. The second-order valence-electron chi connectivity index (χ2n) is 4.67. The van der Waals surface area contributed by atoms with E-state index in [4.69, 9.17) is 5.11 Å². The van der Waals surface area contributed by atoms with E-state index in [2.05, 4.69) is 10.0 Å². The summed E-state index contributed by atoms with van der Waals surface area (Å²) in [6.45, 7) is 1.43. The smallest absolute Gasteiger partial charge is 0.287 e. The molecule has 0 aliphatic carbocycles. The number of hydrogen-bond acceptors (Lipinski definition) is 4. The van der Waals surface area contributed by atoms with Gasteiger partial charge in [0.25, 0.3) is 5.92 Å². The van der Waals surface area contributed by atoms with Gasteiger partial charge in [-0.15, -0.1) is 0 Å². The summed E-state index contributed by atoms with van der Waals surface area (Å²) >= 11 is 0. The zero-order chi connectivity index (χ0) is 15.4. The fourth-order valence-corrected chi connectivity index (χ4v) is 2.67. The average Bonchev–Trinajstić information content (AvgIpc) is 2.35. The number of anilines is 1. The van der Waals surface area contributed by atoms with Crippen LogP contribution in [0.5, 0.6) is 0 Å². The van der Waals surface area contributed by atoms with E-state index in [1.54, 1.807) is 13.8 Å². The predicted molar refractivity (Wildman–Crippen MR) is 72.4 cm³/mol. The third-order valence-corrected chi connectivity index (χ3v) is 4.01. The lowest BCUT2D eigenvalue weighted by Gasteiger charge is -2.15. The van der Waals surface area contributed by atoms with Crippen molar-refractivity contribution in [3.63, 3.8) is 0 Å². The monoisotopic (exact) mass is 308 g/mol. The van der Waals surface area contributed by atoms with Crippen LogP contribution < -0.4 is 10.0 Å². The molecule has 5 nitrogen and oxygen atoms in total. The van der Waals surface area contributed by atoms with E-state index in [0.29, 0.717) is 5.69 Å². The number of aliphatic hydroxyl groups excluding tert-OH is 1. The van der Waals surface area contributed by atoms with Gasteiger partial charge in [-0.05, 0) is 38.1 Å². The van der Waals surface area contributed by atoms with E-state index in [0.717, 1.165) is 0 Å². The minimum absolute atomic E-state index is 0.0608. The lowest BCUT2D eigenvalue weighted by atomic mass is 10.3. The minimum atomic E-state index is -3.59. The molecule has 0 heterocycles. The van der Waals surface area contributed by atoms with Crippen LogP contribution in [-0.4, -0.2) is 38.6 Å². The third kappa shape index (κ3) is 5.03. The Bertz CT molecular complexity index is 530. The van der Waals surface area contributed by atoms with Crippen molar-refractivity contribution in [3.05, 3.63) is 24.3 Å². The van der Waals surface area contributed by atoms with Gasteiger partial charge in [0, 0.05) is 11.7 Å². The Morgan fingerprint density at radius 2 is 1.80 bits per heavy atom. The number of benzene rings is 1. The molecule has 0 aliphatic rings. The molecule has 0 radical (unpaired) electrons. The maximum atomic E-state index is 12.8. The van der Waals surface area contributed by atoms with Gasteiger partial charge in [0.1, 0.15) is 6.61 Å². The topological polar surface area (TPSA) is 78.4 Å². The minimum Gasteiger partial charge on any atom is -0.390 e. The summed E-state index contributed by atoms with van der Waals surface area (Å²) in [4.78, 5) is 0.0608. The molecule has 114 valence electrons. The van der Waals surface area contributed by atoms with Gasteiger partial charge in [-0.2, -0.15) is 0 Å². The molecule has 0 saturated heterocycles. The van der Waals surface area contributed by atoms with E-state index in [-0.39, 0.29) is 10.9 Å². The van der Waals surface area contributed by atoms with Gasteiger partial charge in [-0.25, -0.2) is 21.9 Å². The van der Waals surface area contributed by atoms with Gasteiger partial charge in [0.15, 0.2) is 0 Å². The average molecular weight is 308 g/mol. The molecule has 1 aromatic carbocycles. The fourth-order valence-electron chi connectivity index (χ4n) is 1.42. The molecule has 0 aliphatic heterocycles. The Labute approximate surface area is 117 Å². The maximum Gasteiger partial charge on any atom is 0.287 e. The van der Waals surface area contributed by atoms with Crippen LogP contribution in [-0.2, 0) is 10.0 Å². The first kappa shape index (κ1) is 16.8. The Hall–Kier alpha value is -1.25. The van der Waals surface area contributed by atoms with E-state index in [1.165, 1.54) is 24.3 Å². The lowest BCUT2D eigenvalue weighted by Crippen LogP contribution is -2.31. The molecule has 3 N–H and O–H groups in total. The van der Waals surface area contributed by atoms with Crippen molar-refractivity contribution in [2.45, 2.75) is 30.7 Å². The van der Waals surface area contributed by atoms with Gasteiger partial charge in [-0.1, -0.05) is 0 Å². The number of nitrogens with one attached hydrogen (secondary N) is 2. The quantitative estimate of drug-likeness (QED) is 0.712. The summed E-state index contributed by atoms with van der Waals surface area (Å²) in [5, 5.41) is 10.9. The molecule has 1 rings (SSSR count). The predicted octanol–water partition coefficient (Wildman–Crippen LogP) is 1.41. The molecule has 0 fully saturated rings. The van der Waals surface area contributed by atoms with Crippen molar-refractivity contribution < 1.29 is 22.3 Å². The summed E-state index contributed by atoms with van der Waals surface area (Å²) in [5.41, 5.74) is 0.349. The summed E-state index contributed by atoms with van der Waals surface area (Å²) in [6.07, 6.45) is 0. The fraction of sp³-hybridized carbons (Fsp3) is 0.500. The Balaban J connectivity index is 2.75. The van der Waals surface area contributed by atoms with Crippen molar-refractivity contribution in [3.8, 4) is 0 Å². The summed E-state index contributed by atoms with van der Waals surface area (Å²) in [5.74, 6) is -3.22. The van der Waals surface area contributed by atoms with Gasteiger partial charge < -0.3 is 10.4 Å². The van der Waals surface area contributed by atoms with E-state index >= 15 is 0 Å². The Morgan fingerprint density at radius 1 is 1.25 bits per heavy atom. The van der Waals surface area contributed by atoms with E-state index in [1.807, 2.05) is 0 Å². The van der Waals surface area contributed by atoms with Gasteiger partial charge >= 0.3 is 0 Å². The van der Waals surface area contributed by atoms with E-state index in [9.17, 15) is 17.2 Å². The van der Waals surface area contributed by atoms with Crippen LogP contribution in [0.1, 0.15) is 13.8 Å². The normalized spacial score (nSPS) is 12.7. The van der Waals surface area contributed by atoms with E-state index < -0.39 is 29.1 Å². The molecule has 0 bridgehead atoms. The highest BCUT2D eigenvalue weighted by atomic mass is 32.2. The molecule has 0 aromatic heterocycles. The van der Waals surface area contributed by atoms with Crippen molar-refractivity contribution in [2.24, 2.45) is 0 Å². The number of rotatable bonds is 7. The largest absolute Gasteiger partial charge is 0.390 e. The molecule has 20 heavy (non-hydrogen) atoms. The highest BCUT2D eigenvalue weighted by molar-refractivity contribution is 7.89. The van der Waals surface area contributed by atoms with Crippen LogP contribution in [0.4, 0.5) is 14.5 Å². The zero-order valence-corrected chi connectivity index (χ0v) is 12.0. The van der Waals surface area contributed by atoms with Crippen molar-refractivity contribution in [2.75, 3.05) is 18.5 Å². The molecule has 0 amide bonds. The molecular weight excluding hydrogens is 290 g/mol. The lowest BCUT2D eigenvalue weighted by molar-refractivity contribution is -0.0372. The highest BCUT2D eigenvalue weighted by Gasteiger charge is 2.27. The number of halogens is 2. The number of aliphatic hydroxyl groups is 1. The first-order chi connectivity index (χ1) is 9.16. The van der Waals surface area contributed by atoms with Crippen molar-refractivity contribution in [1.29, 1.82) is 0 Å². The summed E-state index contributed by atoms with van der Waals surface area (Å²) in [7, 11) is -3.59. The van der Waals surface area contributed by atoms with Crippen molar-refractivity contribution >= 4 is 15.7 Å². The number of alkyl halides is 2. The molecule has 1 aromatic rings. The molecular formula is C12H18F2N2O3S. The highest BCUT2D eigenvalue weighted by Crippen LogP contribution is 2.17. The second kappa shape index (κ2) is 6.47. The SMILES string of the molecule is CC(C)NS(=O)(=O)c1ccc(NCC(F)(F)CO)cc1. The first-order valence-corrected chi connectivity index (χ1v) is 7.49. The zero-order valence-electron chi connectivity index (χ0n) is 11.2. The second-order valence-corrected chi connectivity index (χ2v) is 6.38. The van der Waals surface area contributed by atoms with Crippen LogP contribution in [0.2, 0.25) is 0 Å². The van der Waals surface area contributed by atoms with Gasteiger partial charge in [-0.3, -0.25) is 0 Å². The number of sulfonamides is 1.